The summed E-state index contributed by atoms with van der Waals surface area (Å²) < 4.78 is 5.36. The Bertz CT molecular complexity index is 1120. The van der Waals surface area contributed by atoms with Gasteiger partial charge in [0, 0.05) is 62.2 Å². The van der Waals surface area contributed by atoms with Gasteiger partial charge in [-0.1, -0.05) is 0 Å². The summed E-state index contributed by atoms with van der Waals surface area (Å²) in [6.07, 6.45) is 5.23. The first-order chi connectivity index (χ1) is 15.1. The van der Waals surface area contributed by atoms with E-state index in [1.807, 2.05) is 24.4 Å². The molecule has 9 heteroatoms. The number of aromatic amines is 1. The van der Waals surface area contributed by atoms with E-state index in [0.29, 0.717) is 29.2 Å². The Labute approximate surface area is 180 Å². The molecule has 0 bridgehead atoms. The number of pyridine rings is 1. The van der Waals surface area contributed by atoms with Gasteiger partial charge in [0.25, 0.3) is 5.91 Å². The minimum Gasteiger partial charge on any atom is -0.398 e. The van der Waals surface area contributed by atoms with Crippen LogP contribution in [0, 0.1) is 0 Å². The van der Waals surface area contributed by atoms with E-state index in [4.69, 9.17) is 16.2 Å². The van der Waals surface area contributed by atoms with Gasteiger partial charge in [0.05, 0.1) is 36.2 Å². The van der Waals surface area contributed by atoms with Crippen LogP contribution in [0.2, 0.25) is 0 Å². The second-order valence-electron chi connectivity index (χ2n) is 7.48. The van der Waals surface area contributed by atoms with Gasteiger partial charge in [-0.2, -0.15) is 0 Å². The smallest absolute Gasteiger partial charge is 0.253 e. The predicted octanol–water partition coefficient (Wildman–Crippen LogP) is 1.51. The molecule has 3 aromatic rings. The fourth-order valence-electron chi connectivity index (χ4n) is 3.79. The molecule has 1 aromatic carbocycles. The zero-order valence-corrected chi connectivity index (χ0v) is 17.5. The van der Waals surface area contributed by atoms with Gasteiger partial charge in [0.2, 0.25) is 0 Å². The highest BCUT2D eigenvalue weighted by Crippen LogP contribution is 2.32. The molecule has 1 aliphatic rings. The van der Waals surface area contributed by atoms with Crippen molar-refractivity contribution in [3.63, 3.8) is 0 Å². The molecule has 0 spiro atoms. The van der Waals surface area contributed by atoms with Crippen molar-refractivity contribution in [1.29, 1.82) is 0 Å². The topological polar surface area (TPSA) is 135 Å². The highest BCUT2D eigenvalue weighted by atomic mass is 16.5. The number of H-pyrrole nitrogens is 1. The minimum absolute atomic E-state index is 0.209. The van der Waals surface area contributed by atoms with Crippen LogP contribution in [-0.2, 0) is 4.74 Å². The van der Waals surface area contributed by atoms with Crippen molar-refractivity contribution in [2.45, 2.75) is 0 Å². The lowest BCUT2D eigenvalue weighted by Crippen LogP contribution is -2.41. The molecule has 0 radical (unpaired) electrons. The van der Waals surface area contributed by atoms with E-state index in [9.17, 15) is 4.79 Å². The number of anilines is 2. The zero-order valence-electron chi connectivity index (χ0n) is 17.5. The van der Waals surface area contributed by atoms with Gasteiger partial charge in [-0.25, -0.2) is 4.98 Å². The Morgan fingerprint density at radius 3 is 2.90 bits per heavy atom. The van der Waals surface area contributed by atoms with Gasteiger partial charge in [-0.3, -0.25) is 14.7 Å². The van der Waals surface area contributed by atoms with Crippen molar-refractivity contribution in [2.24, 2.45) is 4.99 Å². The molecule has 1 saturated heterocycles. The van der Waals surface area contributed by atoms with Gasteiger partial charge in [0.1, 0.15) is 5.82 Å². The lowest BCUT2D eigenvalue weighted by molar-refractivity contribution is 0.0383. The number of benzene rings is 1. The van der Waals surface area contributed by atoms with Crippen molar-refractivity contribution >= 4 is 34.5 Å². The molecule has 0 unspecified atom stereocenters. The molecule has 4 rings (SSSR count). The number of nitrogens with two attached hydrogens (primary N) is 2. The molecule has 1 aliphatic heterocycles. The van der Waals surface area contributed by atoms with E-state index < -0.39 is 0 Å². The van der Waals surface area contributed by atoms with Crippen molar-refractivity contribution in [3.05, 3.63) is 41.7 Å². The highest BCUT2D eigenvalue weighted by Gasteiger charge is 2.17. The molecular weight excluding hydrogens is 394 g/mol. The number of nitrogens with zero attached hydrogens (tertiary/aromatic N) is 3. The van der Waals surface area contributed by atoms with Crippen LogP contribution in [0.15, 0.2) is 35.6 Å². The molecule has 31 heavy (non-hydrogen) atoms. The summed E-state index contributed by atoms with van der Waals surface area (Å²) >= 11 is 0. The number of ether oxygens (including phenoxy) is 1. The van der Waals surface area contributed by atoms with Crippen LogP contribution >= 0.6 is 0 Å². The number of rotatable bonds is 6. The van der Waals surface area contributed by atoms with Gasteiger partial charge in [0.15, 0.2) is 0 Å². The lowest BCUT2D eigenvalue weighted by Gasteiger charge is -2.26. The Morgan fingerprint density at radius 2 is 2.13 bits per heavy atom. The van der Waals surface area contributed by atoms with Gasteiger partial charge in [-0.05, 0) is 23.8 Å². The minimum atomic E-state index is -0.209. The van der Waals surface area contributed by atoms with Crippen molar-refractivity contribution in [3.8, 4) is 11.1 Å². The molecule has 0 atom stereocenters. The van der Waals surface area contributed by atoms with E-state index in [1.165, 1.54) is 0 Å². The summed E-state index contributed by atoms with van der Waals surface area (Å²) in [5, 5.41) is 3.92. The van der Waals surface area contributed by atoms with E-state index in [2.05, 4.69) is 25.2 Å². The first-order valence-corrected chi connectivity index (χ1v) is 10.2. The molecule has 1 amide bonds. The summed E-state index contributed by atoms with van der Waals surface area (Å²) in [7, 11) is 1.67. The molecule has 3 heterocycles. The molecule has 0 aliphatic carbocycles. The average Bonchev–Trinajstić information content (AvgIpc) is 3.19. The maximum absolute atomic E-state index is 13.0. The van der Waals surface area contributed by atoms with Crippen molar-refractivity contribution in [2.75, 3.05) is 57.9 Å². The maximum Gasteiger partial charge on any atom is 0.253 e. The number of aromatic nitrogens is 2. The van der Waals surface area contributed by atoms with E-state index in [1.54, 1.807) is 19.5 Å². The Hall–Kier alpha value is -3.43. The summed E-state index contributed by atoms with van der Waals surface area (Å²) in [4.78, 5) is 26.7. The van der Waals surface area contributed by atoms with E-state index in [-0.39, 0.29) is 5.91 Å². The van der Waals surface area contributed by atoms with Gasteiger partial charge >= 0.3 is 0 Å². The van der Waals surface area contributed by atoms with E-state index >= 15 is 0 Å². The Morgan fingerprint density at radius 1 is 1.32 bits per heavy atom. The lowest BCUT2D eigenvalue weighted by atomic mass is 9.97. The molecule has 0 saturated carbocycles. The number of carbonyl (C=O) groups excluding carboxylic acids is 1. The average molecular weight is 422 g/mol. The number of aliphatic imine (C=N–C) groups is 1. The second-order valence-corrected chi connectivity index (χ2v) is 7.48. The Kier molecular flexibility index (Phi) is 6.15. The van der Waals surface area contributed by atoms with Crippen molar-refractivity contribution in [1.82, 2.24) is 20.2 Å². The number of amides is 1. The normalized spacial score (nSPS) is 15.0. The number of nitrogens with one attached hydrogen (secondary N) is 2. The molecule has 162 valence electrons. The van der Waals surface area contributed by atoms with Crippen LogP contribution in [0.5, 0.6) is 0 Å². The third kappa shape index (κ3) is 4.52. The third-order valence-corrected chi connectivity index (χ3v) is 5.44. The summed E-state index contributed by atoms with van der Waals surface area (Å²) in [5.74, 6) is 0.222. The second kappa shape index (κ2) is 9.15. The largest absolute Gasteiger partial charge is 0.398 e. The van der Waals surface area contributed by atoms with E-state index in [0.717, 1.165) is 54.9 Å². The van der Waals surface area contributed by atoms with Gasteiger partial charge in [-0.15, -0.1) is 0 Å². The monoisotopic (exact) mass is 421 g/mol. The first kappa shape index (κ1) is 20.8. The van der Waals surface area contributed by atoms with Crippen LogP contribution in [0.1, 0.15) is 15.9 Å². The van der Waals surface area contributed by atoms with Gasteiger partial charge < -0.3 is 26.5 Å². The maximum atomic E-state index is 13.0. The number of hydrogen-bond donors (Lipinski definition) is 4. The number of hydrogen-bond acceptors (Lipinski definition) is 7. The van der Waals surface area contributed by atoms with Crippen LogP contribution in [0.3, 0.4) is 0 Å². The fourth-order valence-corrected chi connectivity index (χ4v) is 3.79. The zero-order chi connectivity index (χ0) is 21.8. The van der Waals surface area contributed by atoms with Crippen LogP contribution < -0.4 is 16.8 Å². The number of carbonyl (C=O) groups is 1. The molecule has 1 fully saturated rings. The van der Waals surface area contributed by atoms with Crippen molar-refractivity contribution < 1.29 is 9.53 Å². The highest BCUT2D eigenvalue weighted by molar-refractivity contribution is 6.06. The van der Waals surface area contributed by atoms with Crippen LogP contribution in [0.4, 0.5) is 11.5 Å². The molecule has 6 N–H and O–H groups in total. The Balaban J connectivity index is 1.63. The van der Waals surface area contributed by atoms with Crippen LogP contribution in [-0.4, -0.2) is 73.4 Å². The predicted molar refractivity (Wildman–Crippen MR) is 123 cm³/mol. The quantitative estimate of drug-likeness (QED) is 0.352. The summed E-state index contributed by atoms with van der Waals surface area (Å²) in [5.41, 5.74) is 16.3. The first-order valence-electron chi connectivity index (χ1n) is 10.2. The number of nitrogen functional groups attached to an aromatic ring is 2. The standard InChI is InChI=1S/C22H27N7O2/c1-25-11-15-8-14(18-12-27-19-13-28-20(23)10-16(18)19)9-17(21(15)24)22(30)26-2-3-29-4-6-31-7-5-29/h8-13,27H,2-7,24H2,1H3,(H2,23,28)(H,26,30)/b25-11-. The van der Waals surface area contributed by atoms with Crippen LogP contribution in [0.25, 0.3) is 22.0 Å². The summed E-state index contributed by atoms with van der Waals surface area (Å²) in [6.45, 7) is 4.52. The molecular formula is C22H27N7O2. The third-order valence-electron chi connectivity index (χ3n) is 5.44. The molecule has 2 aromatic heterocycles. The summed E-state index contributed by atoms with van der Waals surface area (Å²) in [6, 6.07) is 5.55. The SMILES string of the molecule is C/N=C\c1cc(-c2c[nH]c3cnc(N)cc23)cc(C(=O)NCCN2CCOCC2)c1N. The number of fused-ring (bicyclic) bond motifs is 1. The molecule has 9 nitrogen and oxygen atoms in total. The number of morpholine rings is 1. The fraction of sp³-hybridized carbons (Fsp3) is 0.318.